The number of alkyl halides is 1. The molecule has 3 atom stereocenters. The summed E-state index contributed by atoms with van der Waals surface area (Å²) < 4.78 is 4.59. The summed E-state index contributed by atoms with van der Waals surface area (Å²) in [4.78, 5) is 24.3. The van der Waals surface area contributed by atoms with Crippen LogP contribution in [-0.4, -0.2) is 48.3 Å². The van der Waals surface area contributed by atoms with Crippen molar-refractivity contribution in [3.8, 4) is 0 Å². The van der Waals surface area contributed by atoms with Gasteiger partial charge in [0.05, 0.1) is 25.1 Å². The molecular formula is C18H27ClN2O4. The highest BCUT2D eigenvalue weighted by Crippen LogP contribution is 2.20. The molecule has 2 amide bonds. The van der Waals surface area contributed by atoms with Crippen molar-refractivity contribution >= 4 is 23.6 Å². The van der Waals surface area contributed by atoms with Crippen molar-refractivity contribution < 1.29 is 19.4 Å². The van der Waals surface area contributed by atoms with Crippen LogP contribution in [0.3, 0.4) is 0 Å². The average molecular weight is 371 g/mol. The number of amides is 2. The molecule has 0 saturated heterocycles. The molecule has 0 aliphatic rings. The Hall–Kier alpha value is -1.79. The van der Waals surface area contributed by atoms with Crippen LogP contribution < -0.4 is 10.6 Å². The second-order valence-electron chi connectivity index (χ2n) is 6.96. The van der Waals surface area contributed by atoms with Gasteiger partial charge in [0.25, 0.3) is 0 Å². The number of halogens is 1. The Bertz CT molecular complexity index is 560. The summed E-state index contributed by atoms with van der Waals surface area (Å²) in [5, 5.41) is 15.5. The minimum atomic E-state index is -0.912. The molecule has 7 heteroatoms. The van der Waals surface area contributed by atoms with Gasteiger partial charge >= 0.3 is 6.09 Å². The van der Waals surface area contributed by atoms with Gasteiger partial charge in [-0.3, -0.25) is 4.79 Å². The van der Waals surface area contributed by atoms with Gasteiger partial charge in [-0.15, -0.1) is 11.6 Å². The zero-order valence-corrected chi connectivity index (χ0v) is 15.8. The van der Waals surface area contributed by atoms with Gasteiger partial charge in [0.1, 0.15) is 6.04 Å². The van der Waals surface area contributed by atoms with Crippen LogP contribution in [0.25, 0.3) is 0 Å². The van der Waals surface area contributed by atoms with Crippen LogP contribution in [0.1, 0.15) is 26.3 Å². The van der Waals surface area contributed by atoms with Gasteiger partial charge in [-0.05, 0) is 17.4 Å². The molecule has 0 radical (unpaired) electrons. The lowest BCUT2D eigenvalue weighted by atomic mass is 9.86. The fourth-order valence-electron chi connectivity index (χ4n) is 2.38. The first-order chi connectivity index (χ1) is 11.7. The molecule has 25 heavy (non-hydrogen) atoms. The maximum absolute atomic E-state index is 12.7. The molecule has 1 aromatic rings. The Labute approximate surface area is 153 Å². The number of ether oxygens (including phenoxy) is 1. The fraction of sp³-hybridized carbons (Fsp3) is 0.556. The molecule has 0 aliphatic heterocycles. The van der Waals surface area contributed by atoms with Crippen molar-refractivity contribution in [1.82, 2.24) is 10.6 Å². The number of rotatable bonds is 7. The number of aliphatic hydroxyl groups is 1. The van der Waals surface area contributed by atoms with E-state index in [0.717, 1.165) is 5.56 Å². The van der Waals surface area contributed by atoms with Gasteiger partial charge in [-0.1, -0.05) is 51.1 Å². The minimum Gasteiger partial charge on any atom is -0.453 e. The second kappa shape index (κ2) is 9.63. The van der Waals surface area contributed by atoms with E-state index >= 15 is 0 Å². The lowest BCUT2D eigenvalue weighted by Crippen LogP contribution is -2.57. The van der Waals surface area contributed by atoms with Crippen molar-refractivity contribution in [3.05, 3.63) is 35.9 Å². The van der Waals surface area contributed by atoms with Crippen LogP contribution >= 0.6 is 11.6 Å². The third kappa shape index (κ3) is 6.92. The fourth-order valence-corrected chi connectivity index (χ4v) is 2.59. The van der Waals surface area contributed by atoms with Crippen LogP contribution in [0.15, 0.2) is 30.3 Å². The number of carbonyl (C=O) groups is 2. The Morgan fingerprint density at radius 2 is 1.80 bits per heavy atom. The monoisotopic (exact) mass is 370 g/mol. The highest BCUT2D eigenvalue weighted by atomic mass is 35.5. The molecule has 0 bridgehead atoms. The number of hydrogen-bond donors (Lipinski definition) is 3. The summed E-state index contributed by atoms with van der Waals surface area (Å²) in [6.45, 7) is 5.49. The van der Waals surface area contributed by atoms with E-state index in [1.165, 1.54) is 7.11 Å². The number of aliphatic hydroxyl groups excluding tert-OH is 1. The van der Waals surface area contributed by atoms with Crippen molar-refractivity contribution in [3.63, 3.8) is 0 Å². The Morgan fingerprint density at radius 3 is 2.28 bits per heavy atom. The summed E-state index contributed by atoms with van der Waals surface area (Å²) in [7, 11) is 1.24. The van der Waals surface area contributed by atoms with E-state index in [2.05, 4.69) is 15.4 Å². The van der Waals surface area contributed by atoms with Crippen molar-refractivity contribution in [1.29, 1.82) is 0 Å². The first kappa shape index (κ1) is 21.3. The quantitative estimate of drug-likeness (QED) is 0.641. The Kier molecular flexibility index (Phi) is 8.19. The van der Waals surface area contributed by atoms with E-state index in [1.807, 2.05) is 51.1 Å². The highest BCUT2D eigenvalue weighted by Gasteiger charge is 2.35. The van der Waals surface area contributed by atoms with Gasteiger partial charge in [-0.2, -0.15) is 0 Å². The van der Waals surface area contributed by atoms with E-state index in [-0.39, 0.29) is 5.88 Å². The molecule has 0 spiro atoms. The third-order valence-electron chi connectivity index (χ3n) is 3.82. The molecular weight excluding hydrogens is 344 g/mol. The molecule has 3 unspecified atom stereocenters. The third-order valence-corrected chi connectivity index (χ3v) is 4.14. The number of benzene rings is 1. The molecule has 0 heterocycles. The molecule has 140 valence electrons. The van der Waals surface area contributed by atoms with E-state index in [1.54, 1.807) is 0 Å². The summed E-state index contributed by atoms with van der Waals surface area (Å²) in [5.74, 6) is -0.412. The number of methoxy groups -OCH3 is 1. The summed E-state index contributed by atoms with van der Waals surface area (Å²) in [6, 6.07) is 8.10. The lowest BCUT2D eigenvalue weighted by molar-refractivity contribution is -0.127. The first-order valence-corrected chi connectivity index (χ1v) is 8.65. The molecule has 6 nitrogen and oxygen atoms in total. The highest BCUT2D eigenvalue weighted by molar-refractivity contribution is 6.18. The smallest absolute Gasteiger partial charge is 0.407 e. The zero-order valence-electron chi connectivity index (χ0n) is 15.1. The number of carbonyl (C=O) groups excluding carboxylic acids is 2. The molecule has 3 N–H and O–H groups in total. The second-order valence-corrected chi connectivity index (χ2v) is 7.27. The zero-order chi connectivity index (χ0) is 19.0. The molecule has 0 aromatic heterocycles. The lowest BCUT2D eigenvalue weighted by Gasteiger charge is -2.32. The van der Waals surface area contributed by atoms with Gasteiger partial charge in [0.15, 0.2) is 0 Å². The molecule has 1 rings (SSSR count). The number of hydrogen-bond acceptors (Lipinski definition) is 4. The Balaban J connectivity index is 2.92. The predicted octanol–water partition coefficient (Wildman–Crippen LogP) is 2.08. The van der Waals surface area contributed by atoms with Gasteiger partial charge in [0, 0.05) is 0 Å². The van der Waals surface area contributed by atoms with E-state index in [0.29, 0.717) is 6.42 Å². The molecule has 0 saturated carbocycles. The van der Waals surface area contributed by atoms with Gasteiger partial charge in [0.2, 0.25) is 5.91 Å². The molecule has 0 fully saturated rings. The standard InChI is InChI=1S/C18H27ClN2O4/c1-18(2,3)15(21-17(24)25-4)16(23)20-13(14(22)11-19)10-12-8-6-5-7-9-12/h5-9,13-15,22H,10-11H2,1-4H3,(H,20,23)(H,21,24). The van der Waals surface area contributed by atoms with E-state index < -0.39 is 35.6 Å². The maximum Gasteiger partial charge on any atom is 0.407 e. The van der Waals surface area contributed by atoms with Crippen molar-refractivity contribution in [2.45, 2.75) is 45.4 Å². The van der Waals surface area contributed by atoms with E-state index in [4.69, 9.17) is 11.6 Å². The minimum absolute atomic E-state index is 0.0115. The summed E-state index contributed by atoms with van der Waals surface area (Å²) in [5.41, 5.74) is 0.423. The van der Waals surface area contributed by atoms with Crippen LogP contribution in [0.5, 0.6) is 0 Å². The maximum atomic E-state index is 12.7. The van der Waals surface area contributed by atoms with Crippen LogP contribution in [0.4, 0.5) is 4.79 Å². The van der Waals surface area contributed by atoms with Crippen molar-refractivity contribution in [2.24, 2.45) is 5.41 Å². The topological polar surface area (TPSA) is 87.7 Å². The normalized spacial score (nSPS) is 15.0. The average Bonchev–Trinajstić information content (AvgIpc) is 2.57. The predicted molar refractivity (Wildman–Crippen MR) is 97.6 cm³/mol. The van der Waals surface area contributed by atoms with E-state index in [9.17, 15) is 14.7 Å². The number of alkyl carbamates (subject to hydrolysis) is 1. The first-order valence-electron chi connectivity index (χ1n) is 8.11. The van der Waals surface area contributed by atoms with Gasteiger partial charge in [-0.25, -0.2) is 4.79 Å². The van der Waals surface area contributed by atoms with Crippen LogP contribution in [0.2, 0.25) is 0 Å². The summed E-state index contributed by atoms with van der Waals surface area (Å²) >= 11 is 5.78. The SMILES string of the molecule is COC(=O)NC(C(=O)NC(Cc1ccccc1)C(O)CCl)C(C)(C)C. The molecule has 1 aromatic carbocycles. The molecule has 0 aliphatic carbocycles. The van der Waals surface area contributed by atoms with Crippen LogP contribution in [0, 0.1) is 5.41 Å². The summed E-state index contributed by atoms with van der Waals surface area (Å²) in [6.07, 6.45) is -1.17. The number of nitrogens with one attached hydrogen (secondary N) is 2. The largest absolute Gasteiger partial charge is 0.453 e. The van der Waals surface area contributed by atoms with Crippen molar-refractivity contribution in [2.75, 3.05) is 13.0 Å². The Morgan fingerprint density at radius 1 is 1.20 bits per heavy atom. The van der Waals surface area contributed by atoms with Crippen LogP contribution in [-0.2, 0) is 16.0 Å². The van der Waals surface area contributed by atoms with Gasteiger partial charge < -0.3 is 20.5 Å².